The third-order valence-corrected chi connectivity index (χ3v) is 4.00. The number of hydrogen-bond donors (Lipinski definition) is 2. The topological polar surface area (TPSA) is 54.0 Å². The predicted octanol–water partition coefficient (Wildman–Crippen LogP) is 4.01. The van der Waals surface area contributed by atoms with Crippen molar-refractivity contribution in [3.8, 4) is 0 Å². The van der Waals surface area contributed by atoms with E-state index in [4.69, 9.17) is 0 Å². The highest BCUT2D eigenvalue weighted by Crippen LogP contribution is 2.17. The van der Waals surface area contributed by atoms with Gasteiger partial charge in [0, 0.05) is 30.3 Å². The summed E-state index contributed by atoms with van der Waals surface area (Å²) in [5.41, 5.74) is 2.96. The molecule has 0 aliphatic rings. The number of nitrogens with one attached hydrogen (secondary N) is 2. The van der Waals surface area contributed by atoms with Crippen molar-refractivity contribution in [2.75, 3.05) is 10.6 Å². The minimum Gasteiger partial charge on any atom is -0.381 e. The summed E-state index contributed by atoms with van der Waals surface area (Å²) in [4.78, 5) is 16.7. The van der Waals surface area contributed by atoms with Crippen molar-refractivity contribution in [1.82, 2.24) is 4.98 Å². The Balaban J connectivity index is 1.57. The molecule has 1 amide bonds. The fraction of sp³-hybridized carbons (Fsp3) is 0.0588. The molecule has 0 bridgehead atoms. The summed E-state index contributed by atoms with van der Waals surface area (Å²) in [5.74, 6) is -0.0764. The van der Waals surface area contributed by atoms with Crippen LogP contribution in [-0.4, -0.2) is 10.9 Å². The second-order valence-electron chi connectivity index (χ2n) is 4.72. The highest BCUT2D eigenvalue weighted by atomic mass is 32.1. The number of amides is 1. The monoisotopic (exact) mass is 309 g/mol. The smallest absolute Gasteiger partial charge is 0.265 e. The molecule has 4 nitrogen and oxygen atoms in total. The summed E-state index contributed by atoms with van der Waals surface area (Å²) in [6, 6.07) is 15.3. The van der Waals surface area contributed by atoms with Gasteiger partial charge in [0.15, 0.2) is 0 Å². The van der Waals surface area contributed by atoms with E-state index in [0.29, 0.717) is 4.88 Å². The molecule has 0 radical (unpaired) electrons. The first-order valence-corrected chi connectivity index (χ1v) is 7.77. The maximum Gasteiger partial charge on any atom is 0.265 e. The molecule has 3 aromatic rings. The standard InChI is InChI=1S/C17H15N3OS/c21-17(16-2-1-11-22-16)20-15-5-3-14(4-6-15)19-12-13-7-9-18-10-8-13/h1-11,19H,12H2,(H,20,21). The van der Waals surface area contributed by atoms with Gasteiger partial charge in [-0.3, -0.25) is 9.78 Å². The number of carbonyl (C=O) groups excluding carboxylic acids is 1. The summed E-state index contributed by atoms with van der Waals surface area (Å²) >= 11 is 1.43. The molecule has 0 saturated carbocycles. The Kier molecular flexibility index (Phi) is 4.46. The van der Waals surface area contributed by atoms with Crippen LogP contribution < -0.4 is 10.6 Å². The molecule has 2 aromatic heterocycles. The lowest BCUT2D eigenvalue weighted by atomic mass is 10.2. The van der Waals surface area contributed by atoms with Crippen molar-refractivity contribution in [2.24, 2.45) is 0 Å². The zero-order valence-corrected chi connectivity index (χ0v) is 12.6. The molecular weight excluding hydrogens is 294 g/mol. The van der Waals surface area contributed by atoms with Crippen LogP contribution in [-0.2, 0) is 6.54 Å². The molecule has 0 fully saturated rings. The first-order valence-electron chi connectivity index (χ1n) is 6.89. The average Bonchev–Trinajstić information content (AvgIpc) is 3.10. The van der Waals surface area contributed by atoms with E-state index in [-0.39, 0.29) is 5.91 Å². The Morgan fingerprint density at radius 2 is 1.73 bits per heavy atom. The number of rotatable bonds is 5. The average molecular weight is 309 g/mol. The predicted molar refractivity (Wildman–Crippen MR) is 90.3 cm³/mol. The molecular formula is C17H15N3OS. The van der Waals surface area contributed by atoms with E-state index in [9.17, 15) is 4.79 Å². The van der Waals surface area contributed by atoms with Crippen molar-refractivity contribution in [1.29, 1.82) is 0 Å². The lowest BCUT2D eigenvalue weighted by molar-refractivity contribution is 0.103. The molecule has 0 atom stereocenters. The van der Waals surface area contributed by atoms with Crippen molar-refractivity contribution < 1.29 is 4.79 Å². The van der Waals surface area contributed by atoms with Crippen LogP contribution in [0.1, 0.15) is 15.2 Å². The molecule has 5 heteroatoms. The first kappa shape index (κ1) is 14.3. The van der Waals surface area contributed by atoms with Crippen molar-refractivity contribution in [3.05, 3.63) is 76.7 Å². The van der Waals surface area contributed by atoms with E-state index in [1.54, 1.807) is 12.4 Å². The van der Waals surface area contributed by atoms with Gasteiger partial charge < -0.3 is 10.6 Å². The van der Waals surface area contributed by atoms with Gasteiger partial charge in [-0.1, -0.05) is 6.07 Å². The van der Waals surface area contributed by atoms with E-state index in [1.807, 2.05) is 53.9 Å². The fourth-order valence-corrected chi connectivity index (χ4v) is 2.60. The fourth-order valence-electron chi connectivity index (χ4n) is 1.98. The number of pyridine rings is 1. The van der Waals surface area contributed by atoms with Gasteiger partial charge in [0.2, 0.25) is 0 Å². The van der Waals surface area contributed by atoms with Crippen LogP contribution in [0.5, 0.6) is 0 Å². The summed E-state index contributed by atoms with van der Waals surface area (Å²) in [6.07, 6.45) is 3.56. The Morgan fingerprint density at radius 1 is 1.00 bits per heavy atom. The van der Waals surface area contributed by atoms with Crippen molar-refractivity contribution in [2.45, 2.75) is 6.54 Å². The lowest BCUT2D eigenvalue weighted by Gasteiger charge is -2.08. The highest BCUT2D eigenvalue weighted by molar-refractivity contribution is 7.12. The minimum absolute atomic E-state index is 0.0764. The van der Waals surface area contributed by atoms with Crippen LogP contribution in [0.4, 0.5) is 11.4 Å². The SMILES string of the molecule is O=C(Nc1ccc(NCc2ccncc2)cc1)c1cccs1. The maximum absolute atomic E-state index is 11.9. The summed E-state index contributed by atoms with van der Waals surface area (Å²) in [6.45, 7) is 0.740. The Morgan fingerprint density at radius 3 is 2.41 bits per heavy atom. The van der Waals surface area contributed by atoms with Crippen LogP contribution in [0.2, 0.25) is 0 Å². The van der Waals surface area contributed by atoms with Crippen LogP contribution in [0, 0.1) is 0 Å². The number of benzene rings is 1. The largest absolute Gasteiger partial charge is 0.381 e. The van der Waals surface area contributed by atoms with E-state index >= 15 is 0 Å². The third-order valence-electron chi connectivity index (χ3n) is 3.13. The number of nitrogens with zero attached hydrogens (tertiary/aromatic N) is 1. The number of thiophene rings is 1. The molecule has 0 aliphatic carbocycles. The van der Waals surface area contributed by atoms with E-state index in [1.165, 1.54) is 16.9 Å². The van der Waals surface area contributed by atoms with Gasteiger partial charge in [-0.2, -0.15) is 0 Å². The number of carbonyl (C=O) groups is 1. The van der Waals surface area contributed by atoms with Gasteiger partial charge in [-0.25, -0.2) is 0 Å². The molecule has 0 saturated heterocycles. The molecule has 0 aliphatic heterocycles. The number of hydrogen-bond acceptors (Lipinski definition) is 4. The summed E-state index contributed by atoms with van der Waals surface area (Å²) in [5, 5.41) is 8.10. The first-order chi connectivity index (χ1) is 10.8. The van der Waals surface area contributed by atoms with Gasteiger partial charge in [0.25, 0.3) is 5.91 Å². The number of aromatic nitrogens is 1. The number of anilines is 2. The van der Waals surface area contributed by atoms with Gasteiger partial charge in [0.1, 0.15) is 0 Å². The van der Waals surface area contributed by atoms with Crippen molar-refractivity contribution >= 4 is 28.6 Å². The Labute approximate surface area is 132 Å². The van der Waals surface area contributed by atoms with Gasteiger partial charge >= 0.3 is 0 Å². The molecule has 0 unspecified atom stereocenters. The third kappa shape index (κ3) is 3.71. The normalized spacial score (nSPS) is 10.2. The van der Waals surface area contributed by atoms with E-state index < -0.39 is 0 Å². The second-order valence-corrected chi connectivity index (χ2v) is 5.67. The van der Waals surface area contributed by atoms with E-state index in [2.05, 4.69) is 15.6 Å². The molecule has 0 spiro atoms. The molecule has 22 heavy (non-hydrogen) atoms. The quantitative estimate of drug-likeness (QED) is 0.749. The molecule has 110 valence electrons. The zero-order valence-electron chi connectivity index (χ0n) is 11.8. The maximum atomic E-state index is 11.9. The lowest BCUT2D eigenvalue weighted by Crippen LogP contribution is -2.10. The van der Waals surface area contributed by atoms with Gasteiger partial charge in [-0.15, -0.1) is 11.3 Å². The summed E-state index contributed by atoms with van der Waals surface area (Å²) < 4.78 is 0. The van der Waals surface area contributed by atoms with Crippen LogP contribution in [0.25, 0.3) is 0 Å². The van der Waals surface area contributed by atoms with Crippen LogP contribution >= 0.6 is 11.3 Å². The minimum atomic E-state index is -0.0764. The molecule has 2 N–H and O–H groups in total. The summed E-state index contributed by atoms with van der Waals surface area (Å²) in [7, 11) is 0. The molecule has 2 heterocycles. The molecule has 1 aromatic carbocycles. The van der Waals surface area contributed by atoms with Crippen LogP contribution in [0.3, 0.4) is 0 Å². The van der Waals surface area contributed by atoms with E-state index in [0.717, 1.165) is 17.9 Å². The second kappa shape index (κ2) is 6.87. The van der Waals surface area contributed by atoms with Crippen LogP contribution in [0.15, 0.2) is 66.3 Å². The van der Waals surface area contributed by atoms with Gasteiger partial charge in [-0.05, 0) is 53.4 Å². The Hall–Kier alpha value is -2.66. The zero-order chi connectivity index (χ0) is 15.2. The highest BCUT2D eigenvalue weighted by Gasteiger charge is 2.06. The van der Waals surface area contributed by atoms with Crippen molar-refractivity contribution in [3.63, 3.8) is 0 Å². The molecule has 3 rings (SSSR count). The Bertz CT molecular complexity index is 724. The van der Waals surface area contributed by atoms with Gasteiger partial charge in [0.05, 0.1) is 4.88 Å².